The van der Waals surface area contributed by atoms with Crippen LogP contribution in [0.4, 0.5) is 4.39 Å². The second-order valence-electron chi connectivity index (χ2n) is 4.55. The van der Waals surface area contributed by atoms with E-state index in [1.54, 1.807) is 13.0 Å². The molecule has 0 aliphatic heterocycles. The molecule has 0 saturated carbocycles. The van der Waals surface area contributed by atoms with Crippen molar-refractivity contribution in [2.75, 3.05) is 6.54 Å². The van der Waals surface area contributed by atoms with Crippen molar-refractivity contribution in [2.45, 2.75) is 20.3 Å². The van der Waals surface area contributed by atoms with Crippen LogP contribution < -0.4 is 5.73 Å². The van der Waals surface area contributed by atoms with Crippen LogP contribution in [0.15, 0.2) is 18.2 Å². The number of benzene rings is 1. The number of aryl methyl sites for hydroxylation is 2. The Morgan fingerprint density at radius 3 is 2.67 bits per heavy atom. The summed E-state index contributed by atoms with van der Waals surface area (Å²) in [5.74, 6) is -0.180. The summed E-state index contributed by atoms with van der Waals surface area (Å²) in [6, 6.07) is 5.14. The van der Waals surface area contributed by atoms with Crippen molar-refractivity contribution in [3.8, 4) is 11.3 Å². The number of hydrogen-bond donors (Lipinski definition) is 1. The van der Waals surface area contributed by atoms with Crippen LogP contribution in [-0.4, -0.2) is 16.3 Å². The molecule has 1 aromatic heterocycles. The average Bonchev–Trinajstić information content (AvgIpc) is 2.59. The topological polar surface area (TPSA) is 43.8 Å². The minimum Gasteiger partial charge on any atom is -0.330 e. The van der Waals surface area contributed by atoms with E-state index in [9.17, 15) is 4.39 Å². The number of nitrogens with zero attached hydrogens (tertiary/aromatic N) is 2. The monoisotopic (exact) mass is 247 g/mol. The fourth-order valence-corrected chi connectivity index (χ4v) is 2.25. The molecule has 2 aromatic rings. The molecule has 18 heavy (non-hydrogen) atoms. The Morgan fingerprint density at radius 2 is 2.06 bits per heavy atom. The maximum atomic E-state index is 13.3. The lowest BCUT2D eigenvalue weighted by Crippen LogP contribution is -2.04. The lowest BCUT2D eigenvalue weighted by molar-refractivity contribution is 0.618. The molecule has 4 heteroatoms. The summed E-state index contributed by atoms with van der Waals surface area (Å²) in [4.78, 5) is 0. The van der Waals surface area contributed by atoms with Crippen LogP contribution in [0.5, 0.6) is 0 Å². The van der Waals surface area contributed by atoms with E-state index in [1.165, 1.54) is 6.07 Å². The van der Waals surface area contributed by atoms with Gasteiger partial charge in [0.2, 0.25) is 0 Å². The van der Waals surface area contributed by atoms with Crippen molar-refractivity contribution in [3.63, 3.8) is 0 Å². The van der Waals surface area contributed by atoms with Crippen LogP contribution in [0.3, 0.4) is 0 Å². The number of rotatable bonds is 3. The molecule has 1 heterocycles. The Balaban J connectivity index is 2.53. The Kier molecular flexibility index (Phi) is 3.48. The molecule has 2 rings (SSSR count). The van der Waals surface area contributed by atoms with Gasteiger partial charge >= 0.3 is 0 Å². The predicted molar refractivity (Wildman–Crippen MR) is 70.8 cm³/mol. The zero-order chi connectivity index (χ0) is 13.3. The van der Waals surface area contributed by atoms with Gasteiger partial charge in [0.25, 0.3) is 0 Å². The summed E-state index contributed by atoms with van der Waals surface area (Å²) in [7, 11) is 1.90. The first-order valence-corrected chi connectivity index (χ1v) is 6.03. The molecule has 0 spiro atoms. The smallest absolute Gasteiger partial charge is 0.126 e. The number of halogens is 1. The van der Waals surface area contributed by atoms with Gasteiger partial charge < -0.3 is 5.73 Å². The molecule has 0 unspecified atom stereocenters. The molecule has 0 aliphatic carbocycles. The average molecular weight is 247 g/mol. The first-order chi connectivity index (χ1) is 8.54. The molecule has 0 fully saturated rings. The van der Waals surface area contributed by atoms with E-state index in [-0.39, 0.29) is 5.82 Å². The maximum absolute atomic E-state index is 13.3. The summed E-state index contributed by atoms with van der Waals surface area (Å²) in [5.41, 5.74) is 10.4. The van der Waals surface area contributed by atoms with E-state index in [0.717, 1.165) is 28.9 Å². The van der Waals surface area contributed by atoms with Crippen molar-refractivity contribution >= 4 is 0 Å². The third-order valence-corrected chi connectivity index (χ3v) is 3.19. The molecule has 0 atom stereocenters. The minimum absolute atomic E-state index is 0.180. The van der Waals surface area contributed by atoms with E-state index in [4.69, 9.17) is 5.73 Å². The zero-order valence-corrected chi connectivity index (χ0v) is 11.0. The Morgan fingerprint density at radius 1 is 1.33 bits per heavy atom. The molecule has 2 N–H and O–H groups in total. The summed E-state index contributed by atoms with van der Waals surface area (Å²) in [6.07, 6.45) is 0.764. The number of hydrogen-bond acceptors (Lipinski definition) is 2. The standard InChI is InChI=1S/C14H18FN3/c1-9-8-11(4-5-12(9)15)14-10(2)13(6-7-16)17-18(14)3/h4-5,8H,6-7,16H2,1-3H3. The Bertz CT molecular complexity index is 573. The van der Waals surface area contributed by atoms with Crippen LogP contribution >= 0.6 is 0 Å². The van der Waals surface area contributed by atoms with E-state index in [2.05, 4.69) is 5.10 Å². The van der Waals surface area contributed by atoms with Crippen molar-refractivity contribution in [3.05, 3.63) is 40.8 Å². The molecule has 0 bridgehead atoms. The fourth-order valence-electron chi connectivity index (χ4n) is 2.25. The van der Waals surface area contributed by atoms with Gasteiger partial charge in [0.05, 0.1) is 11.4 Å². The van der Waals surface area contributed by atoms with Crippen molar-refractivity contribution in [1.29, 1.82) is 0 Å². The van der Waals surface area contributed by atoms with Crippen LogP contribution in [0.2, 0.25) is 0 Å². The SMILES string of the molecule is Cc1cc(-c2c(C)c(CCN)nn2C)ccc1F. The lowest BCUT2D eigenvalue weighted by atomic mass is 10.0. The van der Waals surface area contributed by atoms with Crippen molar-refractivity contribution in [2.24, 2.45) is 12.8 Å². The molecular formula is C14H18FN3. The quantitative estimate of drug-likeness (QED) is 0.904. The second-order valence-corrected chi connectivity index (χ2v) is 4.55. The summed E-state index contributed by atoms with van der Waals surface area (Å²) in [5, 5.41) is 4.47. The van der Waals surface area contributed by atoms with Gasteiger partial charge in [0, 0.05) is 19.0 Å². The summed E-state index contributed by atoms with van der Waals surface area (Å²) < 4.78 is 15.1. The van der Waals surface area contributed by atoms with Crippen LogP contribution in [0, 0.1) is 19.7 Å². The molecule has 96 valence electrons. The zero-order valence-electron chi connectivity index (χ0n) is 11.0. The van der Waals surface area contributed by atoms with Gasteiger partial charge in [-0.15, -0.1) is 0 Å². The Labute approximate surface area is 106 Å². The largest absolute Gasteiger partial charge is 0.330 e. The summed E-state index contributed by atoms with van der Waals surface area (Å²) in [6.45, 7) is 4.39. The summed E-state index contributed by atoms with van der Waals surface area (Å²) >= 11 is 0. The minimum atomic E-state index is -0.180. The third kappa shape index (κ3) is 2.16. The lowest BCUT2D eigenvalue weighted by Gasteiger charge is -2.06. The highest BCUT2D eigenvalue weighted by Gasteiger charge is 2.14. The normalized spacial score (nSPS) is 10.9. The van der Waals surface area contributed by atoms with Crippen LogP contribution in [0.25, 0.3) is 11.3 Å². The van der Waals surface area contributed by atoms with Crippen LogP contribution in [0.1, 0.15) is 16.8 Å². The van der Waals surface area contributed by atoms with Gasteiger partial charge in [-0.25, -0.2) is 4.39 Å². The van der Waals surface area contributed by atoms with Gasteiger partial charge in [0.15, 0.2) is 0 Å². The molecule has 0 amide bonds. The van der Waals surface area contributed by atoms with Crippen LogP contribution in [-0.2, 0) is 13.5 Å². The van der Waals surface area contributed by atoms with E-state index in [0.29, 0.717) is 12.1 Å². The van der Waals surface area contributed by atoms with Crippen molar-refractivity contribution < 1.29 is 4.39 Å². The predicted octanol–water partition coefficient (Wildman–Crippen LogP) is 2.34. The molecule has 0 radical (unpaired) electrons. The van der Waals surface area contributed by atoms with Gasteiger partial charge in [-0.2, -0.15) is 5.10 Å². The van der Waals surface area contributed by atoms with Gasteiger partial charge in [-0.1, -0.05) is 0 Å². The first kappa shape index (κ1) is 12.8. The second kappa shape index (κ2) is 4.90. The highest BCUT2D eigenvalue weighted by atomic mass is 19.1. The Hall–Kier alpha value is -1.68. The number of aromatic nitrogens is 2. The molecule has 0 saturated heterocycles. The molecule has 1 aromatic carbocycles. The van der Waals surface area contributed by atoms with E-state index < -0.39 is 0 Å². The third-order valence-electron chi connectivity index (χ3n) is 3.19. The van der Waals surface area contributed by atoms with E-state index in [1.807, 2.05) is 24.7 Å². The van der Waals surface area contributed by atoms with Gasteiger partial charge in [-0.3, -0.25) is 4.68 Å². The van der Waals surface area contributed by atoms with Crippen molar-refractivity contribution in [1.82, 2.24) is 9.78 Å². The highest BCUT2D eigenvalue weighted by molar-refractivity contribution is 5.65. The number of nitrogens with two attached hydrogens (primary N) is 1. The van der Waals surface area contributed by atoms with E-state index >= 15 is 0 Å². The van der Waals surface area contributed by atoms with Gasteiger partial charge in [0.1, 0.15) is 5.82 Å². The van der Waals surface area contributed by atoms with Gasteiger partial charge in [-0.05, 0) is 49.7 Å². The highest BCUT2D eigenvalue weighted by Crippen LogP contribution is 2.26. The molecular weight excluding hydrogens is 229 g/mol. The maximum Gasteiger partial charge on any atom is 0.126 e. The molecule has 3 nitrogen and oxygen atoms in total. The first-order valence-electron chi connectivity index (χ1n) is 6.03. The fraction of sp³-hybridized carbons (Fsp3) is 0.357. The molecule has 0 aliphatic rings.